The molecule has 3 aliphatic rings. The van der Waals surface area contributed by atoms with E-state index in [9.17, 15) is 9.59 Å². The zero-order valence-corrected chi connectivity index (χ0v) is 18.2. The van der Waals surface area contributed by atoms with E-state index < -0.39 is 0 Å². The second-order valence-electron chi connectivity index (χ2n) is 9.43. The predicted molar refractivity (Wildman–Crippen MR) is 120 cm³/mol. The monoisotopic (exact) mass is 430 g/mol. The summed E-state index contributed by atoms with van der Waals surface area (Å²) in [7, 11) is 1.82. The zero-order chi connectivity index (χ0) is 21.9. The Morgan fingerprint density at radius 2 is 1.97 bits per heavy atom. The molecule has 1 spiro atoms. The van der Waals surface area contributed by atoms with E-state index in [4.69, 9.17) is 0 Å². The van der Waals surface area contributed by atoms with Gasteiger partial charge < -0.3 is 14.8 Å². The molecule has 3 heterocycles. The van der Waals surface area contributed by atoms with E-state index >= 15 is 0 Å². The third-order valence-corrected chi connectivity index (χ3v) is 7.41. The molecule has 1 amide bonds. The van der Waals surface area contributed by atoms with E-state index in [2.05, 4.69) is 31.2 Å². The van der Waals surface area contributed by atoms with E-state index in [1.807, 2.05) is 25.2 Å². The highest BCUT2D eigenvalue weighted by Gasteiger charge is 2.45. The lowest BCUT2D eigenvalue weighted by atomic mass is 9.74. The van der Waals surface area contributed by atoms with Gasteiger partial charge in [-0.1, -0.05) is 24.3 Å². The van der Waals surface area contributed by atoms with E-state index in [1.165, 1.54) is 18.4 Å². The topological polar surface area (TPSA) is 93.0 Å². The molecule has 2 fully saturated rings. The van der Waals surface area contributed by atoms with Gasteiger partial charge >= 0.3 is 0 Å². The standard InChI is InChI=1S/C24H26N6O2/c1-29-20-19(28-22(29)23(32)25-13-15-6-7-15)21(27-14-26-20)30-10-8-24(9-11-30)12-18(31)16-4-2-3-5-17(16)24/h2-5,14-15H,6-13H2,1H3,(H,25,32). The Morgan fingerprint density at radius 3 is 2.75 bits per heavy atom. The van der Waals surface area contributed by atoms with Crippen LogP contribution in [0, 0.1) is 5.92 Å². The minimum Gasteiger partial charge on any atom is -0.355 e. The molecule has 32 heavy (non-hydrogen) atoms. The highest BCUT2D eigenvalue weighted by molar-refractivity contribution is 6.02. The second kappa shape index (κ2) is 7.12. The molecule has 6 rings (SSSR count). The maximum atomic E-state index is 12.7. The number of carbonyl (C=O) groups is 2. The van der Waals surface area contributed by atoms with Crippen LogP contribution in [0.2, 0.25) is 0 Å². The third-order valence-electron chi connectivity index (χ3n) is 7.41. The van der Waals surface area contributed by atoms with Gasteiger partial charge in [-0.3, -0.25) is 9.59 Å². The van der Waals surface area contributed by atoms with Crippen LogP contribution < -0.4 is 10.2 Å². The number of ketones is 1. The number of nitrogens with one attached hydrogen (secondary N) is 1. The number of carbonyl (C=O) groups excluding carboxylic acids is 2. The molecule has 1 N–H and O–H groups in total. The fraction of sp³-hybridized carbons (Fsp3) is 0.458. The van der Waals surface area contributed by atoms with Crippen LogP contribution in [0.25, 0.3) is 11.2 Å². The maximum Gasteiger partial charge on any atom is 0.287 e. The predicted octanol–water partition coefficient (Wildman–Crippen LogP) is 2.63. The summed E-state index contributed by atoms with van der Waals surface area (Å²) in [4.78, 5) is 41.1. The number of hydrogen-bond donors (Lipinski definition) is 1. The average molecular weight is 431 g/mol. The van der Waals surface area contributed by atoms with E-state index in [0.717, 1.165) is 37.3 Å². The fourth-order valence-corrected chi connectivity index (χ4v) is 5.34. The minimum absolute atomic E-state index is 0.0751. The number of aryl methyl sites for hydroxylation is 1. The van der Waals surface area contributed by atoms with Crippen LogP contribution in [0.4, 0.5) is 5.82 Å². The van der Waals surface area contributed by atoms with Gasteiger partial charge in [0.05, 0.1) is 0 Å². The number of aromatic nitrogens is 4. The van der Waals surface area contributed by atoms with Crippen LogP contribution in [-0.4, -0.2) is 50.8 Å². The van der Waals surface area contributed by atoms with Crippen molar-refractivity contribution >= 4 is 28.7 Å². The number of amides is 1. The van der Waals surface area contributed by atoms with Gasteiger partial charge in [0, 0.05) is 44.1 Å². The number of nitrogens with zero attached hydrogens (tertiary/aromatic N) is 5. The van der Waals surface area contributed by atoms with Crippen molar-refractivity contribution in [1.82, 2.24) is 24.8 Å². The summed E-state index contributed by atoms with van der Waals surface area (Å²) in [5, 5.41) is 2.99. The summed E-state index contributed by atoms with van der Waals surface area (Å²) in [5.41, 5.74) is 3.33. The number of Topliss-reactive ketones (excluding diaryl/α,β-unsaturated/α-hetero) is 1. The van der Waals surface area contributed by atoms with Crippen molar-refractivity contribution in [2.45, 2.75) is 37.5 Å². The Hall–Kier alpha value is -3.29. The molecule has 1 aromatic carbocycles. The SMILES string of the molecule is Cn1c(C(=O)NCC2CC2)nc2c(N3CCC4(CC3)CC(=O)c3ccccc34)ncnc21. The first kappa shape index (κ1) is 19.4. The number of imidazole rings is 1. The Morgan fingerprint density at radius 1 is 1.19 bits per heavy atom. The van der Waals surface area contributed by atoms with E-state index in [-0.39, 0.29) is 17.1 Å². The van der Waals surface area contributed by atoms with Crippen molar-refractivity contribution < 1.29 is 9.59 Å². The highest BCUT2D eigenvalue weighted by Crippen LogP contribution is 2.46. The van der Waals surface area contributed by atoms with Crippen LogP contribution in [0.3, 0.4) is 0 Å². The van der Waals surface area contributed by atoms with E-state index in [0.29, 0.717) is 35.9 Å². The van der Waals surface area contributed by atoms with Crippen molar-refractivity contribution in [2.24, 2.45) is 13.0 Å². The molecule has 0 atom stereocenters. The second-order valence-corrected chi connectivity index (χ2v) is 9.43. The fourth-order valence-electron chi connectivity index (χ4n) is 5.34. The Balaban J connectivity index is 1.27. The number of hydrogen-bond acceptors (Lipinski definition) is 6. The van der Waals surface area contributed by atoms with Crippen molar-refractivity contribution in [3.05, 3.63) is 47.5 Å². The van der Waals surface area contributed by atoms with Gasteiger partial charge in [-0.2, -0.15) is 0 Å². The van der Waals surface area contributed by atoms with Gasteiger partial charge in [0.2, 0.25) is 5.82 Å². The molecule has 0 unspecified atom stereocenters. The van der Waals surface area contributed by atoms with Crippen molar-refractivity contribution in [1.29, 1.82) is 0 Å². The first-order valence-corrected chi connectivity index (χ1v) is 11.4. The quantitative estimate of drug-likeness (QED) is 0.684. The van der Waals surface area contributed by atoms with Crippen molar-refractivity contribution in [2.75, 3.05) is 24.5 Å². The van der Waals surface area contributed by atoms with Gasteiger partial charge in [0.25, 0.3) is 5.91 Å². The zero-order valence-electron chi connectivity index (χ0n) is 18.2. The normalized spacial score (nSPS) is 19.5. The lowest BCUT2D eigenvalue weighted by molar-refractivity contribution is 0.0936. The maximum absolute atomic E-state index is 12.7. The van der Waals surface area contributed by atoms with Crippen molar-refractivity contribution in [3.63, 3.8) is 0 Å². The number of anilines is 1. The summed E-state index contributed by atoms with van der Waals surface area (Å²) >= 11 is 0. The summed E-state index contributed by atoms with van der Waals surface area (Å²) < 4.78 is 1.75. The molecule has 1 saturated carbocycles. The first-order chi connectivity index (χ1) is 15.6. The molecule has 2 aliphatic carbocycles. The summed E-state index contributed by atoms with van der Waals surface area (Å²) in [6.45, 7) is 2.27. The van der Waals surface area contributed by atoms with Crippen LogP contribution in [0.5, 0.6) is 0 Å². The van der Waals surface area contributed by atoms with Gasteiger partial charge in [0.15, 0.2) is 22.8 Å². The molecule has 8 nitrogen and oxygen atoms in total. The molecular formula is C24H26N6O2. The number of fused-ring (bicyclic) bond motifs is 3. The molecule has 164 valence electrons. The van der Waals surface area contributed by atoms with E-state index in [1.54, 1.807) is 10.9 Å². The molecular weight excluding hydrogens is 404 g/mol. The molecule has 8 heteroatoms. The summed E-state index contributed by atoms with van der Waals surface area (Å²) in [6.07, 6.45) is 6.29. The Bertz CT molecular complexity index is 1240. The van der Waals surface area contributed by atoms with Crippen molar-refractivity contribution in [3.8, 4) is 0 Å². The molecule has 1 aliphatic heterocycles. The molecule has 1 saturated heterocycles. The Kier molecular flexibility index (Phi) is 4.31. The van der Waals surface area contributed by atoms with Gasteiger partial charge in [-0.15, -0.1) is 0 Å². The van der Waals surface area contributed by atoms with Gasteiger partial charge in [-0.25, -0.2) is 15.0 Å². The van der Waals surface area contributed by atoms with Gasteiger partial charge in [0.1, 0.15) is 6.33 Å². The molecule has 3 aromatic rings. The van der Waals surface area contributed by atoms with Gasteiger partial charge in [-0.05, 0) is 37.2 Å². The lowest BCUT2D eigenvalue weighted by Crippen LogP contribution is -2.42. The largest absolute Gasteiger partial charge is 0.355 e. The first-order valence-electron chi connectivity index (χ1n) is 11.4. The molecule has 0 radical (unpaired) electrons. The highest BCUT2D eigenvalue weighted by atomic mass is 16.2. The molecule has 0 bridgehead atoms. The van der Waals surface area contributed by atoms with Crippen LogP contribution in [0.1, 0.15) is 58.6 Å². The molecule has 2 aromatic heterocycles. The van der Waals surface area contributed by atoms with Crippen LogP contribution >= 0.6 is 0 Å². The number of piperidine rings is 1. The van der Waals surface area contributed by atoms with Crippen LogP contribution in [-0.2, 0) is 12.5 Å². The third kappa shape index (κ3) is 3.00. The smallest absolute Gasteiger partial charge is 0.287 e. The van der Waals surface area contributed by atoms with Crippen LogP contribution in [0.15, 0.2) is 30.6 Å². The Labute approximate surface area is 186 Å². The number of benzene rings is 1. The summed E-state index contributed by atoms with van der Waals surface area (Å²) in [6, 6.07) is 8.05. The lowest BCUT2D eigenvalue weighted by Gasteiger charge is -2.40. The minimum atomic E-state index is -0.165. The average Bonchev–Trinajstić information content (AvgIpc) is 3.54. The number of rotatable bonds is 4. The summed E-state index contributed by atoms with van der Waals surface area (Å²) in [5.74, 6) is 1.83.